The first kappa shape index (κ1) is 9.45. The zero-order valence-corrected chi connectivity index (χ0v) is 8.27. The van der Waals surface area contributed by atoms with Gasteiger partial charge in [0.1, 0.15) is 12.1 Å². The quantitative estimate of drug-likeness (QED) is 0.772. The van der Waals surface area contributed by atoms with Crippen LogP contribution in [0.25, 0.3) is 0 Å². The van der Waals surface area contributed by atoms with Crippen molar-refractivity contribution < 1.29 is 4.74 Å². The lowest BCUT2D eigenvalue weighted by atomic mass is 10.3. The molecular formula is C9H11N5O. The summed E-state index contributed by atoms with van der Waals surface area (Å²) in [7, 11) is 1.57. The van der Waals surface area contributed by atoms with Gasteiger partial charge in [0.15, 0.2) is 0 Å². The average molecular weight is 205 g/mol. The van der Waals surface area contributed by atoms with E-state index < -0.39 is 0 Å². The second-order valence-corrected chi connectivity index (χ2v) is 2.91. The summed E-state index contributed by atoms with van der Waals surface area (Å²) < 4.78 is 4.98. The highest BCUT2D eigenvalue weighted by atomic mass is 16.5. The summed E-state index contributed by atoms with van der Waals surface area (Å²) in [5.74, 6) is 1.27. The SMILES string of the molecule is COc1cc(NCc2cn[nH]c2)ncn1. The molecule has 0 aliphatic rings. The van der Waals surface area contributed by atoms with Gasteiger partial charge in [0.2, 0.25) is 5.88 Å². The summed E-state index contributed by atoms with van der Waals surface area (Å²) in [4.78, 5) is 7.96. The van der Waals surface area contributed by atoms with Crippen molar-refractivity contribution in [2.24, 2.45) is 0 Å². The molecule has 0 radical (unpaired) electrons. The fraction of sp³-hybridized carbons (Fsp3) is 0.222. The van der Waals surface area contributed by atoms with Gasteiger partial charge in [-0.2, -0.15) is 5.10 Å². The van der Waals surface area contributed by atoms with Gasteiger partial charge in [0.05, 0.1) is 13.3 Å². The first-order valence-corrected chi connectivity index (χ1v) is 4.46. The first-order valence-electron chi connectivity index (χ1n) is 4.46. The van der Waals surface area contributed by atoms with Crippen LogP contribution in [-0.2, 0) is 6.54 Å². The summed E-state index contributed by atoms with van der Waals surface area (Å²) >= 11 is 0. The number of nitrogens with zero attached hydrogens (tertiary/aromatic N) is 3. The molecular weight excluding hydrogens is 194 g/mol. The van der Waals surface area contributed by atoms with Gasteiger partial charge in [-0.25, -0.2) is 9.97 Å². The maximum atomic E-state index is 4.98. The Hall–Kier alpha value is -2.11. The molecule has 2 heterocycles. The Morgan fingerprint density at radius 2 is 2.40 bits per heavy atom. The maximum absolute atomic E-state index is 4.98. The minimum Gasteiger partial charge on any atom is -0.481 e. The Bertz CT molecular complexity index is 414. The van der Waals surface area contributed by atoms with Crippen molar-refractivity contribution in [1.82, 2.24) is 20.2 Å². The summed E-state index contributed by atoms with van der Waals surface area (Å²) in [5.41, 5.74) is 1.06. The number of aromatic amines is 1. The molecule has 0 amide bonds. The molecule has 2 aromatic rings. The van der Waals surface area contributed by atoms with Crippen molar-refractivity contribution in [3.8, 4) is 5.88 Å². The Kier molecular flexibility index (Phi) is 2.77. The predicted octanol–water partition coefficient (Wildman–Crippen LogP) is 0.820. The van der Waals surface area contributed by atoms with E-state index in [4.69, 9.17) is 4.74 Å². The van der Waals surface area contributed by atoms with Crippen LogP contribution in [0.2, 0.25) is 0 Å². The van der Waals surface area contributed by atoms with Crippen LogP contribution in [0, 0.1) is 0 Å². The highest BCUT2D eigenvalue weighted by Crippen LogP contribution is 2.10. The van der Waals surface area contributed by atoms with E-state index >= 15 is 0 Å². The molecule has 15 heavy (non-hydrogen) atoms. The van der Waals surface area contributed by atoms with Crippen LogP contribution >= 0.6 is 0 Å². The van der Waals surface area contributed by atoms with Crippen LogP contribution in [0.1, 0.15) is 5.56 Å². The lowest BCUT2D eigenvalue weighted by Gasteiger charge is -2.04. The standard InChI is InChI=1S/C9H11N5O/c1-15-9-2-8(11-6-12-9)10-3-7-4-13-14-5-7/h2,4-6H,3H2,1H3,(H,13,14)(H,10,11,12). The highest BCUT2D eigenvalue weighted by Gasteiger charge is 1.98. The van der Waals surface area contributed by atoms with Crippen molar-refractivity contribution in [2.45, 2.75) is 6.54 Å². The minimum atomic E-state index is 0.541. The van der Waals surface area contributed by atoms with E-state index in [1.54, 1.807) is 19.4 Å². The monoisotopic (exact) mass is 205 g/mol. The molecule has 0 saturated heterocycles. The summed E-state index contributed by atoms with van der Waals surface area (Å²) in [6, 6.07) is 1.74. The molecule has 0 aliphatic carbocycles. The number of H-pyrrole nitrogens is 1. The number of nitrogens with one attached hydrogen (secondary N) is 2. The smallest absolute Gasteiger partial charge is 0.218 e. The summed E-state index contributed by atoms with van der Waals surface area (Å²) in [5, 5.41) is 9.72. The first-order chi connectivity index (χ1) is 7.38. The number of hydrogen-bond acceptors (Lipinski definition) is 5. The lowest BCUT2D eigenvalue weighted by molar-refractivity contribution is 0.397. The minimum absolute atomic E-state index is 0.541. The second kappa shape index (κ2) is 4.41. The van der Waals surface area contributed by atoms with Crippen molar-refractivity contribution >= 4 is 5.82 Å². The van der Waals surface area contributed by atoms with E-state index in [-0.39, 0.29) is 0 Å². The van der Waals surface area contributed by atoms with E-state index in [1.807, 2.05) is 6.20 Å². The molecule has 2 rings (SSSR count). The van der Waals surface area contributed by atoms with Gasteiger partial charge in [0.25, 0.3) is 0 Å². The highest BCUT2D eigenvalue weighted by molar-refractivity contribution is 5.37. The predicted molar refractivity (Wildman–Crippen MR) is 54.5 cm³/mol. The number of methoxy groups -OCH3 is 1. The fourth-order valence-electron chi connectivity index (χ4n) is 1.11. The van der Waals surface area contributed by atoms with Crippen LogP contribution in [0.15, 0.2) is 24.8 Å². The largest absolute Gasteiger partial charge is 0.481 e. The lowest BCUT2D eigenvalue weighted by Crippen LogP contribution is -2.01. The van der Waals surface area contributed by atoms with Crippen LogP contribution in [0.5, 0.6) is 5.88 Å². The van der Waals surface area contributed by atoms with E-state index in [1.165, 1.54) is 6.33 Å². The number of anilines is 1. The topological polar surface area (TPSA) is 75.7 Å². The summed E-state index contributed by atoms with van der Waals surface area (Å²) in [6.45, 7) is 0.663. The van der Waals surface area contributed by atoms with Gasteiger partial charge in [-0.05, 0) is 0 Å². The molecule has 0 unspecified atom stereocenters. The van der Waals surface area contributed by atoms with E-state index in [2.05, 4.69) is 25.5 Å². The van der Waals surface area contributed by atoms with Crippen LogP contribution in [0.4, 0.5) is 5.82 Å². The average Bonchev–Trinajstić information content (AvgIpc) is 2.79. The second-order valence-electron chi connectivity index (χ2n) is 2.91. The number of rotatable bonds is 4. The third-order valence-electron chi connectivity index (χ3n) is 1.88. The Morgan fingerprint density at radius 3 is 3.13 bits per heavy atom. The molecule has 6 heteroatoms. The molecule has 0 spiro atoms. The van der Waals surface area contributed by atoms with Crippen LogP contribution < -0.4 is 10.1 Å². The molecule has 2 N–H and O–H groups in total. The Balaban J connectivity index is 1.98. The number of hydrogen-bond donors (Lipinski definition) is 2. The Labute approximate surface area is 86.7 Å². The van der Waals surface area contributed by atoms with Gasteiger partial charge in [-0.15, -0.1) is 0 Å². The third-order valence-corrected chi connectivity index (χ3v) is 1.88. The molecule has 0 aromatic carbocycles. The Morgan fingerprint density at radius 1 is 1.47 bits per heavy atom. The van der Waals surface area contributed by atoms with Crippen molar-refractivity contribution in [3.05, 3.63) is 30.4 Å². The van der Waals surface area contributed by atoms with E-state index in [0.29, 0.717) is 12.4 Å². The molecule has 78 valence electrons. The zero-order chi connectivity index (χ0) is 10.5. The molecule has 0 aliphatic heterocycles. The van der Waals surface area contributed by atoms with E-state index in [9.17, 15) is 0 Å². The summed E-state index contributed by atoms with van der Waals surface area (Å²) in [6.07, 6.45) is 5.04. The van der Waals surface area contributed by atoms with Crippen molar-refractivity contribution in [1.29, 1.82) is 0 Å². The molecule has 0 saturated carbocycles. The van der Waals surface area contributed by atoms with Gasteiger partial charge in [-0.1, -0.05) is 0 Å². The van der Waals surface area contributed by atoms with Crippen molar-refractivity contribution in [3.63, 3.8) is 0 Å². The molecule has 6 nitrogen and oxygen atoms in total. The molecule has 0 atom stereocenters. The number of aromatic nitrogens is 4. The van der Waals surface area contributed by atoms with Gasteiger partial charge >= 0.3 is 0 Å². The van der Waals surface area contributed by atoms with Gasteiger partial charge in [-0.3, -0.25) is 5.10 Å². The normalized spacial score (nSPS) is 9.93. The fourth-order valence-corrected chi connectivity index (χ4v) is 1.11. The van der Waals surface area contributed by atoms with Crippen LogP contribution in [-0.4, -0.2) is 27.3 Å². The number of ether oxygens (including phenoxy) is 1. The van der Waals surface area contributed by atoms with Crippen LogP contribution in [0.3, 0.4) is 0 Å². The zero-order valence-electron chi connectivity index (χ0n) is 8.27. The van der Waals surface area contributed by atoms with Crippen molar-refractivity contribution in [2.75, 3.05) is 12.4 Å². The molecule has 0 bridgehead atoms. The van der Waals surface area contributed by atoms with Gasteiger partial charge < -0.3 is 10.1 Å². The molecule has 2 aromatic heterocycles. The molecule has 0 fully saturated rings. The van der Waals surface area contributed by atoms with Gasteiger partial charge in [0, 0.05) is 24.4 Å². The maximum Gasteiger partial charge on any atom is 0.218 e. The third kappa shape index (κ3) is 2.43. The van der Waals surface area contributed by atoms with E-state index in [0.717, 1.165) is 11.4 Å².